The van der Waals surface area contributed by atoms with Crippen LogP contribution >= 0.6 is 11.8 Å². The minimum atomic E-state index is -0.584. The third kappa shape index (κ3) is 4.75. The topological polar surface area (TPSA) is 56.3 Å². The van der Waals surface area contributed by atoms with Gasteiger partial charge in [-0.2, -0.15) is 0 Å². The predicted octanol–water partition coefficient (Wildman–Crippen LogP) is 4.89. The highest BCUT2D eigenvalue weighted by atomic mass is 32.2. The summed E-state index contributed by atoms with van der Waals surface area (Å²) in [6, 6.07) is 9.39. The number of carbonyl (C=O) groups is 2. The van der Waals surface area contributed by atoms with Crippen molar-refractivity contribution in [2.75, 3.05) is 19.0 Å². The molecule has 0 aliphatic carbocycles. The van der Waals surface area contributed by atoms with E-state index >= 15 is 0 Å². The minimum Gasteiger partial charge on any atom is -0.462 e. The Morgan fingerprint density at radius 1 is 1.07 bits per heavy atom. The number of aryl methyl sites for hydroxylation is 1. The minimum absolute atomic E-state index is 0.0836. The molecule has 0 saturated heterocycles. The number of pyridine rings is 1. The maximum absolute atomic E-state index is 12.8. The number of carbonyl (C=O) groups excluding carboxylic acids is 2. The molecule has 0 radical (unpaired) electrons. The molecule has 2 rings (SSSR count). The highest BCUT2D eigenvalue weighted by Gasteiger charge is 2.27. The van der Waals surface area contributed by atoms with E-state index in [2.05, 4.69) is 4.98 Å². The predicted molar refractivity (Wildman–Crippen MR) is 107 cm³/mol. The monoisotopic (exact) mass is 388 g/mol. The Morgan fingerprint density at radius 3 is 2.33 bits per heavy atom. The Labute approximate surface area is 163 Å². The van der Waals surface area contributed by atoms with Crippen molar-refractivity contribution in [1.29, 1.82) is 0 Å². The number of rotatable bonds is 8. The maximum Gasteiger partial charge on any atom is 0.340 e. The van der Waals surface area contributed by atoms with Gasteiger partial charge in [0.05, 0.1) is 35.8 Å². The second kappa shape index (κ2) is 10.2. The Bertz CT molecular complexity index is 809. The fourth-order valence-corrected chi connectivity index (χ4v) is 3.62. The van der Waals surface area contributed by atoms with Crippen LogP contribution in [0.25, 0.3) is 11.3 Å². The molecule has 0 unspecified atom stereocenters. The van der Waals surface area contributed by atoms with Crippen LogP contribution in [0, 0.1) is 0 Å². The number of ether oxygens (including phenoxy) is 1. The molecule has 1 aromatic heterocycles. The van der Waals surface area contributed by atoms with Crippen LogP contribution in [0.15, 0.2) is 30.3 Å². The number of aromatic nitrogens is 1. The number of thioether (sulfide) groups is 1. The van der Waals surface area contributed by atoms with Gasteiger partial charge in [-0.1, -0.05) is 55.9 Å². The van der Waals surface area contributed by atoms with Crippen LogP contribution in [-0.4, -0.2) is 35.1 Å². The molecular formula is C21H24FNO3S. The Balaban J connectivity index is 2.78. The quantitative estimate of drug-likeness (QED) is 0.603. The molecule has 6 heteroatoms. The van der Waals surface area contributed by atoms with Gasteiger partial charge in [0.1, 0.15) is 0 Å². The smallest absolute Gasteiger partial charge is 0.340 e. The molecule has 1 heterocycles. The lowest BCUT2D eigenvalue weighted by Gasteiger charge is -2.19. The molecule has 1 aromatic carbocycles. The third-order valence-electron chi connectivity index (χ3n) is 4.11. The summed E-state index contributed by atoms with van der Waals surface area (Å²) >= 11 is 0.918. The Hall–Kier alpha value is -2.21. The number of alkyl halides is 1. The summed E-state index contributed by atoms with van der Waals surface area (Å²) in [6.07, 6.45) is 1.01. The largest absolute Gasteiger partial charge is 0.462 e. The second-order valence-electron chi connectivity index (χ2n) is 5.75. The number of esters is 1. The van der Waals surface area contributed by atoms with Gasteiger partial charge in [0.2, 0.25) is 5.12 Å². The SMILES string of the molecule is CCOC(=O)c1c(-c2ccccc2)nc(CC)c(C(=O)SCC[18F])c1CC. The van der Waals surface area contributed by atoms with Crippen molar-refractivity contribution < 1.29 is 18.7 Å². The third-order valence-corrected chi connectivity index (χ3v) is 4.93. The highest BCUT2D eigenvalue weighted by Crippen LogP contribution is 2.32. The Morgan fingerprint density at radius 2 is 1.78 bits per heavy atom. The van der Waals surface area contributed by atoms with Crippen LogP contribution in [-0.2, 0) is 17.6 Å². The summed E-state index contributed by atoms with van der Waals surface area (Å²) in [6.45, 7) is 5.19. The molecule has 0 bridgehead atoms. The molecule has 0 amide bonds. The van der Waals surface area contributed by atoms with Crippen molar-refractivity contribution in [3.8, 4) is 11.3 Å². The first-order chi connectivity index (χ1) is 13.1. The van der Waals surface area contributed by atoms with Crippen LogP contribution in [0.3, 0.4) is 0 Å². The molecule has 0 fully saturated rings. The fraction of sp³-hybridized carbons (Fsp3) is 0.381. The fourth-order valence-electron chi connectivity index (χ4n) is 2.97. The zero-order valence-electron chi connectivity index (χ0n) is 15.9. The first-order valence-corrected chi connectivity index (χ1v) is 10.1. The lowest BCUT2D eigenvalue weighted by molar-refractivity contribution is 0.0525. The van der Waals surface area contributed by atoms with Crippen LogP contribution in [0.1, 0.15) is 52.7 Å². The van der Waals surface area contributed by atoms with Crippen molar-refractivity contribution >= 4 is 22.8 Å². The lowest BCUT2D eigenvalue weighted by Crippen LogP contribution is -2.18. The van der Waals surface area contributed by atoms with Gasteiger partial charge in [-0.25, -0.2) is 4.79 Å². The van der Waals surface area contributed by atoms with Crippen LogP contribution in [0.2, 0.25) is 0 Å². The molecule has 0 atom stereocenters. The van der Waals surface area contributed by atoms with Crippen molar-refractivity contribution in [2.45, 2.75) is 33.6 Å². The summed E-state index contributed by atoms with van der Waals surface area (Å²) in [5.41, 5.74) is 3.30. The van der Waals surface area contributed by atoms with E-state index in [4.69, 9.17) is 4.74 Å². The molecule has 0 saturated carbocycles. The lowest BCUT2D eigenvalue weighted by atomic mass is 9.93. The van der Waals surface area contributed by atoms with Gasteiger partial charge in [-0.05, 0) is 25.3 Å². The average molecular weight is 388 g/mol. The molecule has 0 N–H and O–H groups in total. The number of nitrogens with zero attached hydrogens (tertiary/aromatic N) is 1. The van der Waals surface area contributed by atoms with E-state index in [0.717, 1.165) is 17.3 Å². The zero-order chi connectivity index (χ0) is 19.8. The van der Waals surface area contributed by atoms with Gasteiger partial charge in [0, 0.05) is 11.3 Å². The normalized spacial score (nSPS) is 10.7. The van der Waals surface area contributed by atoms with Gasteiger partial charge in [0.25, 0.3) is 0 Å². The summed E-state index contributed by atoms with van der Waals surface area (Å²) in [5, 5.41) is -0.251. The molecule has 0 spiro atoms. The number of halogens is 1. The highest BCUT2D eigenvalue weighted by molar-refractivity contribution is 8.14. The van der Waals surface area contributed by atoms with Gasteiger partial charge in [-0.15, -0.1) is 0 Å². The van der Waals surface area contributed by atoms with Crippen molar-refractivity contribution in [3.63, 3.8) is 0 Å². The first kappa shape index (κ1) is 21.1. The average Bonchev–Trinajstić information content (AvgIpc) is 2.70. The Kier molecular flexibility index (Phi) is 7.98. The van der Waals surface area contributed by atoms with E-state index in [1.54, 1.807) is 6.92 Å². The van der Waals surface area contributed by atoms with E-state index in [-0.39, 0.29) is 17.5 Å². The van der Waals surface area contributed by atoms with E-state index in [1.165, 1.54) is 0 Å². The number of hydrogen-bond acceptors (Lipinski definition) is 5. The van der Waals surface area contributed by atoms with Crippen LogP contribution < -0.4 is 0 Å². The van der Waals surface area contributed by atoms with Crippen molar-refractivity contribution in [3.05, 3.63) is 52.7 Å². The summed E-state index contributed by atoms with van der Waals surface area (Å²) in [5.74, 6) is -0.409. The molecule has 27 heavy (non-hydrogen) atoms. The van der Waals surface area contributed by atoms with E-state index in [1.807, 2.05) is 44.2 Å². The second-order valence-corrected chi connectivity index (χ2v) is 6.82. The standard InChI is InChI=1S/C21H24FNO3S/c1-4-15-17(21(25)27-13-12-22)16(5-2)23-19(14-10-8-7-9-11-14)18(15)20(24)26-6-3/h7-11H,4-6,12-13H2,1-3H3/i22-1. The first-order valence-electron chi connectivity index (χ1n) is 9.10. The maximum atomic E-state index is 12.8. The van der Waals surface area contributed by atoms with Gasteiger partial charge in [-0.3, -0.25) is 14.2 Å². The molecule has 0 aliphatic rings. The van der Waals surface area contributed by atoms with E-state index in [0.29, 0.717) is 40.9 Å². The molecule has 4 nitrogen and oxygen atoms in total. The number of benzene rings is 1. The van der Waals surface area contributed by atoms with Gasteiger partial charge in [0.15, 0.2) is 0 Å². The van der Waals surface area contributed by atoms with Crippen LogP contribution in [0.5, 0.6) is 0 Å². The van der Waals surface area contributed by atoms with Crippen molar-refractivity contribution in [1.82, 2.24) is 4.98 Å². The molecular weight excluding hydrogens is 364 g/mol. The van der Waals surface area contributed by atoms with E-state index < -0.39 is 12.6 Å². The van der Waals surface area contributed by atoms with E-state index in [9.17, 15) is 14.0 Å². The number of hydrogen-bond donors (Lipinski definition) is 0. The summed E-state index contributed by atoms with van der Waals surface area (Å²) in [4.78, 5) is 30.2. The van der Waals surface area contributed by atoms with Gasteiger partial charge >= 0.3 is 5.97 Å². The summed E-state index contributed by atoms with van der Waals surface area (Å²) in [7, 11) is 0. The van der Waals surface area contributed by atoms with Crippen LogP contribution in [0.4, 0.5) is 4.39 Å². The van der Waals surface area contributed by atoms with Gasteiger partial charge < -0.3 is 4.74 Å². The summed E-state index contributed by atoms with van der Waals surface area (Å²) < 4.78 is 17.8. The molecule has 144 valence electrons. The molecule has 0 aliphatic heterocycles. The van der Waals surface area contributed by atoms with Crippen molar-refractivity contribution in [2.24, 2.45) is 0 Å². The molecule has 2 aromatic rings. The zero-order valence-corrected chi connectivity index (χ0v) is 16.7.